The smallest absolute Gasteiger partial charge is 0.0586 e. The maximum atomic E-state index is 9.39. The first-order valence-corrected chi connectivity index (χ1v) is 6.62. The molecule has 1 N–H and O–H groups in total. The molecule has 0 spiro atoms. The molecular weight excluding hydrogens is 186 g/mol. The van der Waals surface area contributed by atoms with Crippen molar-refractivity contribution in [2.75, 3.05) is 19.7 Å². The van der Waals surface area contributed by atoms with Crippen molar-refractivity contribution in [1.82, 2.24) is 4.90 Å². The number of aliphatic hydroxyl groups is 1. The van der Waals surface area contributed by atoms with Gasteiger partial charge in [0, 0.05) is 12.6 Å². The molecule has 0 saturated carbocycles. The average Bonchev–Trinajstić information content (AvgIpc) is 2.43. The average molecular weight is 213 g/mol. The van der Waals surface area contributed by atoms with E-state index in [1.807, 2.05) is 0 Å². The third kappa shape index (κ3) is 4.52. The molecule has 2 heteroatoms. The molecule has 0 aliphatic carbocycles. The van der Waals surface area contributed by atoms with Gasteiger partial charge in [-0.3, -0.25) is 4.90 Å². The Balaban J connectivity index is 2.40. The quantitative estimate of drug-likeness (QED) is 0.759. The van der Waals surface area contributed by atoms with Gasteiger partial charge in [0.1, 0.15) is 0 Å². The zero-order chi connectivity index (χ0) is 11.1. The molecule has 0 aromatic carbocycles. The van der Waals surface area contributed by atoms with E-state index < -0.39 is 0 Å². The highest BCUT2D eigenvalue weighted by Crippen LogP contribution is 2.19. The standard InChI is InChI=1S/C13H27NO/c1-3-7-12(2)10-14-9-6-4-5-8-13(14)11-15/h12-13,15H,3-11H2,1-2H3. The Kier molecular flexibility index (Phi) is 6.26. The zero-order valence-corrected chi connectivity index (χ0v) is 10.4. The SMILES string of the molecule is CCCC(C)CN1CCCCCC1CO. The maximum absolute atomic E-state index is 9.39. The minimum absolute atomic E-state index is 0.346. The monoisotopic (exact) mass is 213 g/mol. The Morgan fingerprint density at radius 1 is 1.33 bits per heavy atom. The van der Waals surface area contributed by atoms with Crippen molar-refractivity contribution < 1.29 is 5.11 Å². The van der Waals surface area contributed by atoms with Gasteiger partial charge < -0.3 is 5.11 Å². The molecule has 1 aliphatic rings. The van der Waals surface area contributed by atoms with E-state index in [1.54, 1.807) is 0 Å². The molecule has 2 nitrogen and oxygen atoms in total. The fourth-order valence-corrected chi connectivity index (χ4v) is 2.67. The molecule has 0 aromatic heterocycles. The minimum atomic E-state index is 0.346. The van der Waals surface area contributed by atoms with Crippen LogP contribution < -0.4 is 0 Å². The van der Waals surface area contributed by atoms with Crippen LogP contribution in [0.15, 0.2) is 0 Å². The van der Waals surface area contributed by atoms with Crippen LogP contribution in [0.4, 0.5) is 0 Å². The Bertz CT molecular complexity index is 161. The Hall–Kier alpha value is -0.0800. The van der Waals surface area contributed by atoms with Gasteiger partial charge >= 0.3 is 0 Å². The van der Waals surface area contributed by atoms with Crippen LogP contribution in [0.1, 0.15) is 52.4 Å². The summed E-state index contributed by atoms with van der Waals surface area (Å²) in [7, 11) is 0. The fraction of sp³-hybridized carbons (Fsp3) is 1.00. The van der Waals surface area contributed by atoms with Crippen LogP contribution in [0.3, 0.4) is 0 Å². The maximum Gasteiger partial charge on any atom is 0.0586 e. The van der Waals surface area contributed by atoms with E-state index in [-0.39, 0.29) is 0 Å². The normalized spacial score (nSPS) is 26.2. The molecule has 1 aliphatic heterocycles. The van der Waals surface area contributed by atoms with Gasteiger partial charge in [-0.25, -0.2) is 0 Å². The zero-order valence-electron chi connectivity index (χ0n) is 10.4. The minimum Gasteiger partial charge on any atom is -0.395 e. The molecule has 0 aromatic rings. The molecule has 0 bridgehead atoms. The van der Waals surface area contributed by atoms with Gasteiger partial charge in [0.05, 0.1) is 6.61 Å². The van der Waals surface area contributed by atoms with Crippen LogP contribution >= 0.6 is 0 Å². The number of hydrogen-bond acceptors (Lipinski definition) is 2. The summed E-state index contributed by atoms with van der Waals surface area (Å²) < 4.78 is 0. The van der Waals surface area contributed by atoms with Gasteiger partial charge in [0.2, 0.25) is 0 Å². The van der Waals surface area contributed by atoms with Crippen LogP contribution in [0.25, 0.3) is 0 Å². The molecule has 2 atom stereocenters. The second-order valence-electron chi connectivity index (χ2n) is 5.07. The van der Waals surface area contributed by atoms with Crippen LogP contribution in [0.2, 0.25) is 0 Å². The third-order valence-electron chi connectivity index (χ3n) is 3.54. The third-order valence-corrected chi connectivity index (χ3v) is 3.54. The fourth-order valence-electron chi connectivity index (χ4n) is 2.67. The molecule has 1 saturated heterocycles. The largest absolute Gasteiger partial charge is 0.395 e. The van der Waals surface area contributed by atoms with Gasteiger partial charge in [-0.1, -0.05) is 33.1 Å². The number of aliphatic hydroxyl groups excluding tert-OH is 1. The number of likely N-dealkylation sites (tertiary alicyclic amines) is 1. The van der Waals surface area contributed by atoms with Gasteiger partial charge in [-0.05, 0) is 31.7 Å². The summed E-state index contributed by atoms with van der Waals surface area (Å²) in [4.78, 5) is 2.52. The van der Waals surface area contributed by atoms with Gasteiger partial charge in [-0.15, -0.1) is 0 Å². The number of nitrogens with zero attached hydrogens (tertiary/aromatic N) is 1. The summed E-state index contributed by atoms with van der Waals surface area (Å²) in [5.74, 6) is 0.780. The highest BCUT2D eigenvalue weighted by molar-refractivity contribution is 4.76. The van der Waals surface area contributed by atoms with E-state index in [9.17, 15) is 5.11 Å². The molecular formula is C13H27NO. The summed E-state index contributed by atoms with van der Waals surface area (Å²) in [6, 6.07) is 0.437. The lowest BCUT2D eigenvalue weighted by molar-refractivity contribution is 0.109. The Labute approximate surface area is 94.7 Å². The summed E-state index contributed by atoms with van der Waals surface area (Å²) in [6.45, 7) is 7.31. The van der Waals surface area contributed by atoms with Crippen molar-refractivity contribution in [3.8, 4) is 0 Å². The van der Waals surface area contributed by atoms with Crippen LogP contribution in [0.5, 0.6) is 0 Å². The topological polar surface area (TPSA) is 23.5 Å². The first-order chi connectivity index (χ1) is 7.27. The van der Waals surface area contributed by atoms with E-state index in [2.05, 4.69) is 18.7 Å². The highest BCUT2D eigenvalue weighted by atomic mass is 16.3. The van der Waals surface area contributed by atoms with Crippen LogP contribution in [-0.2, 0) is 0 Å². The summed E-state index contributed by atoms with van der Waals surface area (Å²) in [5.41, 5.74) is 0. The molecule has 0 amide bonds. The van der Waals surface area contributed by atoms with Crippen LogP contribution in [-0.4, -0.2) is 35.7 Å². The number of rotatable bonds is 5. The van der Waals surface area contributed by atoms with Gasteiger partial charge in [-0.2, -0.15) is 0 Å². The summed E-state index contributed by atoms with van der Waals surface area (Å²) >= 11 is 0. The molecule has 1 fully saturated rings. The van der Waals surface area contributed by atoms with E-state index in [1.165, 1.54) is 51.6 Å². The second kappa shape index (κ2) is 7.24. The predicted octanol–water partition coefficient (Wildman–Crippen LogP) is 2.66. The summed E-state index contributed by atoms with van der Waals surface area (Å²) in [5, 5.41) is 9.39. The van der Waals surface area contributed by atoms with Crippen LogP contribution in [0, 0.1) is 5.92 Å². The molecule has 0 radical (unpaired) electrons. The molecule has 1 heterocycles. The lowest BCUT2D eigenvalue weighted by Crippen LogP contribution is -2.40. The van der Waals surface area contributed by atoms with Crippen molar-refractivity contribution >= 4 is 0 Å². The van der Waals surface area contributed by atoms with Crippen molar-refractivity contribution in [3.05, 3.63) is 0 Å². The molecule has 1 rings (SSSR count). The Morgan fingerprint density at radius 2 is 2.13 bits per heavy atom. The molecule has 90 valence electrons. The second-order valence-corrected chi connectivity index (χ2v) is 5.07. The van der Waals surface area contributed by atoms with Crippen molar-refractivity contribution in [3.63, 3.8) is 0 Å². The van der Waals surface area contributed by atoms with E-state index in [0.717, 1.165) is 5.92 Å². The molecule has 15 heavy (non-hydrogen) atoms. The van der Waals surface area contributed by atoms with E-state index in [0.29, 0.717) is 12.6 Å². The first-order valence-electron chi connectivity index (χ1n) is 6.62. The van der Waals surface area contributed by atoms with E-state index in [4.69, 9.17) is 0 Å². The lowest BCUT2D eigenvalue weighted by atomic mass is 10.0. The molecule has 2 unspecified atom stereocenters. The summed E-state index contributed by atoms with van der Waals surface area (Å²) in [6.07, 6.45) is 7.73. The van der Waals surface area contributed by atoms with Crippen molar-refractivity contribution in [2.24, 2.45) is 5.92 Å². The first kappa shape index (κ1) is 13.0. The number of hydrogen-bond donors (Lipinski definition) is 1. The van der Waals surface area contributed by atoms with Crippen molar-refractivity contribution in [2.45, 2.75) is 58.4 Å². The Morgan fingerprint density at radius 3 is 2.80 bits per heavy atom. The highest BCUT2D eigenvalue weighted by Gasteiger charge is 2.21. The van der Waals surface area contributed by atoms with E-state index >= 15 is 0 Å². The van der Waals surface area contributed by atoms with Gasteiger partial charge in [0.25, 0.3) is 0 Å². The van der Waals surface area contributed by atoms with Gasteiger partial charge in [0.15, 0.2) is 0 Å². The van der Waals surface area contributed by atoms with Crippen molar-refractivity contribution in [1.29, 1.82) is 0 Å². The predicted molar refractivity (Wildman–Crippen MR) is 65.0 cm³/mol. The lowest BCUT2D eigenvalue weighted by Gasteiger charge is -2.30.